The maximum absolute atomic E-state index is 13.6. The van der Waals surface area contributed by atoms with Gasteiger partial charge in [0.15, 0.2) is 0 Å². The average Bonchev–Trinajstić information content (AvgIpc) is 2.79. The van der Waals surface area contributed by atoms with Crippen molar-refractivity contribution in [3.8, 4) is 0 Å². The Labute approximate surface area is 207 Å². The van der Waals surface area contributed by atoms with Gasteiger partial charge in [0.1, 0.15) is 6.04 Å². The molecule has 1 N–H and O–H groups in total. The number of likely N-dealkylation sites (tertiary alicyclic amines) is 1. The van der Waals surface area contributed by atoms with Crippen LogP contribution in [0.4, 0.5) is 0 Å². The molecule has 7 nitrogen and oxygen atoms in total. The second-order valence-electron chi connectivity index (χ2n) is 10.4. The number of nitrogens with zero attached hydrogens (tertiary/aromatic N) is 2. The molecule has 1 aliphatic heterocycles. The van der Waals surface area contributed by atoms with E-state index in [9.17, 15) is 14.4 Å². The monoisotopic (exact) mass is 479 g/mol. The molecule has 0 bridgehead atoms. The molecule has 196 valence electrons. The van der Waals surface area contributed by atoms with Gasteiger partial charge in [-0.05, 0) is 58.4 Å². The summed E-state index contributed by atoms with van der Waals surface area (Å²) in [5.74, 6) is -0.541. The van der Waals surface area contributed by atoms with Gasteiger partial charge >= 0.3 is 5.97 Å². The molecule has 0 aromatic rings. The predicted octanol–water partition coefficient (Wildman–Crippen LogP) is 4.16. The Morgan fingerprint density at radius 3 is 2.26 bits per heavy atom. The minimum absolute atomic E-state index is 0.0533. The maximum atomic E-state index is 13.6. The number of likely N-dealkylation sites (N-methyl/N-ethyl adjacent to an activating group) is 1. The molecule has 0 saturated carbocycles. The summed E-state index contributed by atoms with van der Waals surface area (Å²) in [5.41, 5.74) is 0.480. The molecule has 1 unspecified atom stereocenters. The van der Waals surface area contributed by atoms with Gasteiger partial charge in [0.25, 0.3) is 0 Å². The second-order valence-corrected chi connectivity index (χ2v) is 10.4. The Balaban J connectivity index is 3.07. The summed E-state index contributed by atoms with van der Waals surface area (Å²) in [6.45, 7) is 17.0. The minimum atomic E-state index is -0.625. The first kappa shape index (κ1) is 30.1. The van der Waals surface area contributed by atoms with Crippen LogP contribution in [0, 0.1) is 11.8 Å². The number of hydrogen-bond acceptors (Lipinski definition) is 5. The zero-order chi connectivity index (χ0) is 26.0. The summed E-state index contributed by atoms with van der Waals surface area (Å²) in [6.07, 6.45) is 6.90. The molecule has 1 heterocycles. The molecular formula is C27H49N3O4. The van der Waals surface area contributed by atoms with Gasteiger partial charge < -0.3 is 15.0 Å². The van der Waals surface area contributed by atoms with Crippen molar-refractivity contribution >= 4 is 17.8 Å². The van der Waals surface area contributed by atoms with Crippen molar-refractivity contribution in [3.63, 3.8) is 0 Å². The van der Waals surface area contributed by atoms with Crippen LogP contribution in [-0.4, -0.2) is 72.0 Å². The fourth-order valence-electron chi connectivity index (χ4n) is 4.80. The first-order chi connectivity index (χ1) is 16.0. The number of carbonyl (C=O) groups excluding carboxylic acids is 3. The van der Waals surface area contributed by atoms with E-state index in [4.69, 9.17) is 4.74 Å². The quantitative estimate of drug-likeness (QED) is 0.336. The number of piperidine rings is 1. The van der Waals surface area contributed by atoms with E-state index in [1.807, 2.05) is 27.7 Å². The van der Waals surface area contributed by atoms with E-state index in [0.717, 1.165) is 38.6 Å². The summed E-state index contributed by atoms with van der Waals surface area (Å²) in [6, 6.07) is -0.758. The summed E-state index contributed by atoms with van der Waals surface area (Å²) >= 11 is 0. The van der Waals surface area contributed by atoms with E-state index in [-0.39, 0.29) is 41.7 Å². The van der Waals surface area contributed by atoms with Crippen LogP contribution in [0.1, 0.15) is 87.5 Å². The van der Waals surface area contributed by atoms with Gasteiger partial charge in [-0.2, -0.15) is 0 Å². The lowest BCUT2D eigenvalue weighted by atomic mass is 9.95. The summed E-state index contributed by atoms with van der Waals surface area (Å²) in [5, 5.41) is 3.10. The van der Waals surface area contributed by atoms with Crippen LogP contribution in [0.3, 0.4) is 0 Å². The largest absolute Gasteiger partial charge is 0.463 e. The van der Waals surface area contributed by atoms with Gasteiger partial charge in [-0.25, -0.2) is 4.79 Å². The number of hydrogen-bond donors (Lipinski definition) is 1. The number of amides is 2. The third-order valence-electron chi connectivity index (χ3n) is 6.85. The Morgan fingerprint density at radius 1 is 1.09 bits per heavy atom. The molecule has 2 amide bonds. The third kappa shape index (κ3) is 8.40. The highest BCUT2D eigenvalue weighted by Gasteiger charge is 2.36. The molecule has 1 saturated heterocycles. The third-order valence-corrected chi connectivity index (χ3v) is 6.85. The van der Waals surface area contributed by atoms with Gasteiger partial charge in [0.05, 0.1) is 18.7 Å². The maximum Gasteiger partial charge on any atom is 0.333 e. The second kappa shape index (κ2) is 14.5. The lowest BCUT2D eigenvalue weighted by Gasteiger charge is -2.40. The molecule has 0 aliphatic carbocycles. The van der Waals surface area contributed by atoms with Gasteiger partial charge in [-0.1, -0.05) is 53.5 Å². The van der Waals surface area contributed by atoms with Crippen LogP contribution >= 0.6 is 0 Å². The first-order valence-corrected chi connectivity index (χ1v) is 13.1. The zero-order valence-corrected chi connectivity index (χ0v) is 23.0. The molecule has 1 aliphatic rings. The molecule has 1 rings (SSSR count). The summed E-state index contributed by atoms with van der Waals surface area (Å²) in [4.78, 5) is 43.1. The van der Waals surface area contributed by atoms with E-state index in [0.29, 0.717) is 18.2 Å². The van der Waals surface area contributed by atoms with Crippen LogP contribution in [0.5, 0.6) is 0 Å². The number of carbonyl (C=O) groups is 3. The van der Waals surface area contributed by atoms with Crippen molar-refractivity contribution in [3.05, 3.63) is 11.6 Å². The smallest absolute Gasteiger partial charge is 0.333 e. The number of nitrogens with one attached hydrogen (secondary N) is 1. The highest BCUT2D eigenvalue weighted by Crippen LogP contribution is 2.23. The molecule has 4 atom stereocenters. The fourth-order valence-corrected chi connectivity index (χ4v) is 4.80. The van der Waals surface area contributed by atoms with E-state index in [1.54, 1.807) is 31.9 Å². The summed E-state index contributed by atoms with van der Waals surface area (Å²) in [7, 11) is 1.75. The molecule has 0 aromatic heterocycles. The predicted molar refractivity (Wildman–Crippen MR) is 137 cm³/mol. The number of ether oxygens (including phenoxy) is 1. The highest BCUT2D eigenvalue weighted by molar-refractivity contribution is 5.91. The van der Waals surface area contributed by atoms with Gasteiger partial charge in [0, 0.05) is 18.7 Å². The zero-order valence-electron chi connectivity index (χ0n) is 23.0. The Bertz CT molecular complexity index is 704. The van der Waals surface area contributed by atoms with Crippen molar-refractivity contribution in [1.29, 1.82) is 0 Å². The van der Waals surface area contributed by atoms with E-state index in [1.165, 1.54) is 0 Å². The Morgan fingerprint density at radius 2 is 1.74 bits per heavy atom. The molecule has 0 aromatic carbocycles. The first-order valence-electron chi connectivity index (χ1n) is 13.1. The molecule has 7 heteroatoms. The standard InChI is InChI=1S/C27H49N3O4/c1-10-14-21(8)30-16-13-12-15-22(30)25(31)28-24(19(5)6)26(32)29(9)23(18(3)4)17-20(7)27(33)34-11-2/h17-19,21-24H,10-16H2,1-9H3,(H,28,31)/b20-17+/t21?,22-,23-,24+/m1/s1. The molecular weight excluding hydrogens is 430 g/mol. The van der Waals surface area contributed by atoms with Crippen molar-refractivity contribution < 1.29 is 19.1 Å². The highest BCUT2D eigenvalue weighted by atomic mass is 16.5. The number of rotatable bonds is 12. The molecule has 0 spiro atoms. The van der Waals surface area contributed by atoms with E-state index >= 15 is 0 Å². The SMILES string of the molecule is CCCC(C)N1CCCC[C@@H]1C(=O)N[C@H](C(=O)N(C)[C@H](/C=C(\C)C(=O)OCC)C(C)C)C(C)C. The van der Waals surface area contributed by atoms with E-state index < -0.39 is 6.04 Å². The van der Waals surface area contributed by atoms with E-state index in [2.05, 4.69) is 24.1 Å². The van der Waals surface area contributed by atoms with Gasteiger partial charge in [-0.3, -0.25) is 14.5 Å². The van der Waals surface area contributed by atoms with Crippen molar-refractivity contribution in [1.82, 2.24) is 15.1 Å². The molecule has 0 radical (unpaired) electrons. The normalized spacial score (nSPS) is 20.1. The van der Waals surface area contributed by atoms with Gasteiger partial charge in [-0.15, -0.1) is 0 Å². The van der Waals surface area contributed by atoms with Crippen LogP contribution < -0.4 is 5.32 Å². The molecule has 34 heavy (non-hydrogen) atoms. The van der Waals surface area contributed by atoms with Crippen molar-refractivity contribution in [2.75, 3.05) is 20.2 Å². The van der Waals surface area contributed by atoms with Crippen LogP contribution in [0.25, 0.3) is 0 Å². The van der Waals surface area contributed by atoms with Crippen LogP contribution in [0.15, 0.2) is 11.6 Å². The Hall–Kier alpha value is -1.89. The van der Waals surface area contributed by atoms with Gasteiger partial charge in [0.2, 0.25) is 11.8 Å². The topological polar surface area (TPSA) is 79.0 Å². The number of esters is 1. The lowest BCUT2D eigenvalue weighted by molar-refractivity contribution is -0.140. The fraction of sp³-hybridized carbons (Fsp3) is 0.815. The Kier molecular flexibility index (Phi) is 12.9. The van der Waals surface area contributed by atoms with Crippen molar-refractivity contribution in [2.45, 2.75) is 112 Å². The molecule has 1 fully saturated rings. The average molecular weight is 480 g/mol. The lowest BCUT2D eigenvalue weighted by Crippen LogP contribution is -2.59. The minimum Gasteiger partial charge on any atom is -0.463 e. The van der Waals surface area contributed by atoms with Crippen LogP contribution in [0.2, 0.25) is 0 Å². The summed E-state index contributed by atoms with van der Waals surface area (Å²) < 4.78 is 5.10. The van der Waals surface area contributed by atoms with Crippen molar-refractivity contribution in [2.24, 2.45) is 11.8 Å². The van der Waals surface area contributed by atoms with Crippen LogP contribution in [-0.2, 0) is 19.1 Å².